The van der Waals surface area contributed by atoms with Crippen LogP contribution >= 0.6 is 11.6 Å². The van der Waals surface area contributed by atoms with Crippen LogP contribution in [0.15, 0.2) is 24.4 Å². The molecule has 0 aliphatic carbocycles. The Morgan fingerprint density at radius 2 is 2.00 bits per heavy atom. The summed E-state index contributed by atoms with van der Waals surface area (Å²) in [5, 5.41) is 5.14. The van der Waals surface area contributed by atoms with Crippen molar-refractivity contribution in [3.63, 3.8) is 0 Å². The zero-order valence-corrected chi connectivity index (χ0v) is 11.0. The SMILES string of the molecule is CC(C)c1nn(C)cc1-c1ccc(N)cc1Cl. The van der Waals surface area contributed by atoms with Gasteiger partial charge in [-0.2, -0.15) is 5.10 Å². The summed E-state index contributed by atoms with van der Waals surface area (Å²) in [4.78, 5) is 0. The Kier molecular flexibility index (Phi) is 3.11. The molecule has 0 radical (unpaired) electrons. The van der Waals surface area contributed by atoms with Gasteiger partial charge >= 0.3 is 0 Å². The van der Waals surface area contributed by atoms with Crippen LogP contribution < -0.4 is 5.73 Å². The van der Waals surface area contributed by atoms with Crippen molar-refractivity contribution in [3.8, 4) is 11.1 Å². The Labute approximate surface area is 106 Å². The van der Waals surface area contributed by atoms with Crippen molar-refractivity contribution in [2.24, 2.45) is 7.05 Å². The van der Waals surface area contributed by atoms with E-state index in [-0.39, 0.29) is 0 Å². The van der Waals surface area contributed by atoms with Gasteiger partial charge in [0.05, 0.1) is 10.7 Å². The zero-order valence-electron chi connectivity index (χ0n) is 10.2. The van der Waals surface area contributed by atoms with Crippen molar-refractivity contribution in [1.29, 1.82) is 0 Å². The molecule has 4 heteroatoms. The summed E-state index contributed by atoms with van der Waals surface area (Å²) < 4.78 is 1.82. The smallest absolute Gasteiger partial charge is 0.0728 e. The molecule has 0 saturated heterocycles. The highest BCUT2D eigenvalue weighted by molar-refractivity contribution is 6.33. The van der Waals surface area contributed by atoms with Crippen LogP contribution in [0.5, 0.6) is 0 Å². The summed E-state index contributed by atoms with van der Waals surface area (Å²) in [6.07, 6.45) is 1.99. The molecule has 0 fully saturated rings. The molecule has 1 aromatic carbocycles. The quantitative estimate of drug-likeness (QED) is 0.829. The van der Waals surface area contributed by atoms with Gasteiger partial charge in [-0.1, -0.05) is 31.5 Å². The molecule has 0 atom stereocenters. The Balaban J connectivity index is 2.59. The van der Waals surface area contributed by atoms with Crippen molar-refractivity contribution in [2.75, 3.05) is 5.73 Å². The van der Waals surface area contributed by atoms with Crippen molar-refractivity contribution in [2.45, 2.75) is 19.8 Å². The largest absolute Gasteiger partial charge is 0.399 e. The van der Waals surface area contributed by atoms with Gasteiger partial charge in [0, 0.05) is 30.1 Å². The van der Waals surface area contributed by atoms with Crippen LogP contribution in [-0.4, -0.2) is 9.78 Å². The summed E-state index contributed by atoms with van der Waals surface area (Å²) in [5.74, 6) is 0.361. The first-order chi connectivity index (χ1) is 7.99. The number of nitrogen functional groups attached to an aromatic ring is 1. The van der Waals surface area contributed by atoms with E-state index in [2.05, 4.69) is 18.9 Å². The molecule has 1 heterocycles. The van der Waals surface area contributed by atoms with Crippen LogP contribution in [-0.2, 0) is 7.05 Å². The lowest BCUT2D eigenvalue weighted by molar-refractivity contribution is 0.713. The average Bonchev–Trinajstić information content (AvgIpc) is 2.60. The number of aryl methyl sites for hydroxylation is 1. The second-order valence-corrected chi connectivity index (χ2v) is 4.90. The molecule has 0 spiro atoms. The van der Waals surface area contributed by atoms with Gasteiger partial charge < -0.3 is 5.73 Å². The van der Waals surface area contributed by atoms with Gasteiger partial charge in [0.25, 0.3) is 0 Å². The van der Waals surface area contributed by atoms with Crippen molar-refractivity contribution >= 4 is 17.3 Å². The third-order valence-corrected chi connectivity index (χ3v) is 3.00. The van der Waals surface area contributed by atoms with E-state index >= 15 is 0 Å². The fourth-order valence-electron chi connectivity index (χ4n) is 1.89. The van der Waals surface area contributed by atoms with Gasteiger partial charge in [0.2, 0.25) is 0 Å². The molecule has 1 aromatic heterocycles. The van der Waals surface area contributed by atoms with Crippen LogP contribution in [0.3, 0.4) is 0 Å². The number of halogens is 1. The standard InChI is InChI=1S/C13H16ClN3/c1-8(2)13-11(7-17(3)16-13)10-5-4-9(15)6-12(10)14/h4-8H,15H2,1-3H3. The molecule has 0 aliphatic heterocycles. The fourth-order valence-corrected chi connectivity index (χ4v) is 2.18. The summed E-state index contributed by atoms with van der Waals surface area (Å²) in [6, 6.07) is 5.58. The van der Waals surface area contributed by atoms with E-state index in [0.29, 0.717) is 16.6 Å². The van der Waals surface area contributed by atoms with E-state index in [1.54, 1.807) is 6.07 Å². The second kappa shape index (κ2) is 4.41. The van der Waals surface area contributed by atoms with Crippen molar-refractivity contribution < 1.29 is 0 Å². The number of hydrogen-bond acceptors (Lipinski definition) is 2. The first-order valence-corrected chi connectivity index (χ1v) is 5.95. The van der Waals surface area contributed by atoms with E-state index in [1.165, 1.54) is 0 Å². The van der Waals surface area contributed by atoms with Crippen LogP contribution in [0.2, 0.25) is 5.02 Å². The van der Waals surface area contributed by atoms with E-state index in [9.17, 15) is 0 Å². The molecule has 0 unspecified atom stereocenters. The summed E-state index contributed by atoms with van der Waals surface area (Å²) in [7, 11) is 1.92. The molecule has 0 saturated carbocycles. The summed E-state index contributed by atoms with van der Waals surface area (Å²) in [5.41, 5.74) is 9.49. The number of anilines is 1. The number of nitrogens with two attached hydrogens (primary N) is 1. The monoisotopic (exact) mass is 249 g/mol. The minimum Gasteiger partial charge on any atom is -0.399 e. The van der Waals surface area contributed by atoms with Crippen LogP contribution in [0.25, 0.3) is 11.1 Å². The average molecular weight is 250 g/mol. The lowest BCUT2D eigenvalue weighted by Gasteiger charge is -2.07. The molecule has 0 aliphatic rings. The predicted molar refractivity (Wildman–Crippen MR) is 72.2 cm³/mol. The molecule has 0 amide bonds. The fraction of sp³-hybridized carbons (Fsp3) is 0.308. The lowest BCUT2D eigenvalue weighted by atomic mass is 10.00. The molecular weight excluding hydrogens is 234 g/mol. The van der Waals surface area contributed by atoms with E-state index < -0.39 is 0 Å². The summed E-state index contributed by atoms with van der Waals surface area (Å²) >= 11 is 6.23. The molecule has 90 valence electrons. The number of nitrogens with zero attached hydrogens (tertiary/aromatic N) is 2. The highest BCUT2D eigenvalue weighted by atomic mass is 35.5. The number of rotatable bonds is 2. The maximum absolute atomic E-state index is 6.23. The van der Waals surface area contributed by atoms with Gasteiger partial charge in [-0.3, -0.25) is 4.68 Å². The number of hydrogen-bond donors (Lipinski definition) is 1. The van der Waals surface area contributed by atoms with Crippen molar-refractivity contribution in [3.05, 3.63) is 35.1 Å². The van der Waals surface area contributed by atoms with Crippen LogP contribution in [0, 0.1) is 0 Å². The van der Waals surface area contributed by atoms with Gasteiger partial charge in [-0.05, 0) is 18.1 Å². The molecule has 2 N–H and O–H groups in total. The Morgan fingerprint density at radius 3 is 2.59 bits per heavy atom. The topological polar surface area (TPSA) is 43.8 Å². The van der Waals surface area contributed by atoms with Gasteiger partial charge in [-0.15, -0.1) is 0 Å². The maximum atomic E-state index is 6.23. The molecule has 2 aromatic rings. The number of aromatic nitrogens is 2. The molecule has 17 heavy (non-hydrogen) atoms. The first kappa shape index (κ1) is 12.0. The molecular formula is C13H16ClN3. The minimum absolute atomic E-state index is 0.361. The Hall–Kier alpha value is -1.48. The van der Waals surface area contributed by atoms with E-state index in [1.807, 2.05) is 30.1 Å². The number of benzene rings is 1. The van der Waals surface area contributed by atoms with Gasteiger partial charge in [0.1, 0.15) is 0 Å². The Bertz CT molecular complexity index is 544. The van der Waals surface area contributed by atoms with Gasteiger partial charge in [-0.25, -0.2) is 0 Å². The lowest BCUT2D eigenvalue weighted by Crippen LogP contribution is -1.94. The molecule has 3 nitrogen and oxygen atoms in total. The minimum atomic E-state index is 0.361. The second-order valence-electron chi connectivity index (χ2n) is 4.50. The van der Waals surface area contributed by atoms with Crippen molar-refractivity contribution in [1.82, 2.24) is 9.78 Å². The zero-order chi connectivity index (χ0) is 12.6. The third-order valence-electron chi connectivity index (χ3n) is 2.69. The Morgan fingerprint density at radius 1 is 1.29 bits per heavy atom. The highest BCUT2D eigenvalue weighted by Crippen LogP contribution is 2.34. The first-order valence-electron chi connectivity index (χ1n) is 5.58. The molecule has 2 rings (SSSR count). The normalized spacial score (nSPS) is 11.1. The summed E-state index contributed by atoms with van der Waals surface area (Å²) in [6.45, 7) is 4.24. The van der Waals surface area contributed by atoms with Crippen LogP contribution in [0.4, 0.5) is 5.69 Å². The third kappa shape index (κ3) is 2.29. The van der Waals surface area contributed by atoms with Gasteiger partial charge in [0.15, 0.2) is 0 Å². The maximum Gasteiger partial charge on any atom is 0.0728 e. The van der Waals surface area contributed by atoms with Crippen LogP contribution in [0.1, 0.15) is 25.5 Å². The highest BCUT2D eigenvalue weighted by Gasteiger charge is 2.15. The molecule has 0 bridgehead atoms. The van der Waals surface area contributed by atoms with E-state index in [0.717, 1.165) is 16.8 Å². The van der Waals surface area contributed by atoms with E-state index in [4.69, 9.17) is 17.3 Å². The predicted octanol–water partition coefficient (Wildman–Crippen LogP) is 3.45.